The van der Waals surface area contributed by atoms with Gasteiger partial charge in [-0.25, -0.2) is 4.79 Å². The first-order valence-electron chi connectivity index (χ1n) is 12.9. The summed E-state index contributed by atoms with van der Waals surface area (Å²) < 4.78 is 0. The average Bonchev–Trinajstić information content (AvgIpc) is 3.27. The lowest BCUT2D eigenvalue weighted by molar-refractivity contribution is -0.142. The Bertz CT molecular complexity index is 1170. The third-order valence-corrected chi connectivity index (χ3v) is 6.05. The van der Waals surface area contributed by atoms with Crippen LogP contribution in [0.1, 0.15) is 45.6 Å². The lowest BCUT2D eigenvalue weighted by Gasteiger charge is -2.25. The maximum Gasteiger partial charge on any atom is 0.326 e. The number of carboxylic acid groups (broad SMARTS) is 1. The van der Waals surface area contributed by atoms with Crippen molar-refractivity contribution in [2.75, 3.05) is 6.54 Å². The number of hydrogen-bond donors (Lipinski definition) is 8. The third kappa shape index (κ3) is 9.93. The largest absolute Gasteiger partial charge is 0.480 e. The van der Waals surface area contributed by atoms with Gasteiger partial charge in [-0.05, 0) is 43.7 Å². The minimum atomic E-state index is -1.18. The number of para-hydroxylation sites is 1. The van der Waals surface area contributed by atoms with Crippen molar-refractivity contribution in [1.29, 1.82) is 0 Å². The second kappa shape index (κ2) is 14.7. The molecule has 39 heavy (non-hydrogen) atoms. The van der Waals surface area contributed by atoms with Gasteiger partial charge in [0.05, 0.1) is 6.04 Å². The molecule has 214 valence electrons. The van der Waals surface area contributed by atoms with Crippen LogP contribution in [0.2, 0.25) is 0 Å². The van der Waals surface area contributed by atoms with Gasteiger partial charge in [0.1, 0.15) is 18.1 Å². The van der Waals surface area contributed by atoms with Crippen molar-refractivity contribution in [2.24, 2.45) is 28.1 Å². The van der Waals surface area contributed by atoms with Crippen LogP contribution in [0.4, 0.5) is 0 Å². The molecule has 13 heteroatoms. The number of amides is 3. The molecule has 2 aromatic rings. The highest BCUT2D eigenvalue weighted by Gasteiger charge is 2.30. The smallest absolute Gasteiger partial charge is 0.326 e. The van der Waals surface area contributed by atoms with E-state index in [0.717, 1.165) is 16.5 Å². The Morgan fingerprint density at radius 2 is 1.56 bits per heavy atom. The Balaban J connectivity index is 2.28. The number of rotatable bonds is 15. The Kier molecular flexibility index (Phi) is 11.7. The molecule has 0 aliphatic rings. The van der Waals surface area contributed by atoms with Crippen LogP contribution >= 0.6 is 0 Å². The van der Waals surface area contributed by atoms with Gasteiger partial charge in [-0.2, -0.15) is 0 Å². The van der Waals surface area contributed by atoms with Crippen molar-refractivity contribution in [2.45, 2.75) is 70.6 Å². The number of H-pyrrole nitrogens is 1. The molecule has 1 aromatic heterocycles. The van der Waals surface area contributed by atoms with Crippen LogP contribution in [0.5, 0.6) is 0 Å². The molecule has 13 nitrogen and oxygen atoms in total. The molecule has 1 heterocycles. The minimum absolute atomic E-state index is 0.00956. The van der Waals surface area contributed by atoms with Crippen LogP contribution in [0, 0.1) is 5.92 Å². The van der Waals surface area contributed by atoms with Crippen molar-refractivity contribution >= 4 is 40.6 Å². The molecule has 0 bridgehead atoms. The van der Waals surface area contributed by atoms with Crippen molar-refractivity contribution < 1.29 is 24.3 Å². The van der Waals surface area contributed by atoms with Gasteiger partial charge in [0.15, 0.2) is 5.96 Å². The van der Waals surface area contributed by atoms with Crippen LogP contribution < -0.4 is 33.2 Å². The highest BCUT2D eigenvalue weighted by Crippen LogP contribution is 2.19. The first kappa shape index (κ1) is 31.1. The maximum atomic E-state index is 13.5. The molecule has 4 unspecified atom stereocenters. The molecule has 1 aromatic carbocycles. The molecule has 11 N–H and O–H groups in total. The zero-order chi connectivity index (χ0) is 29.1. The first-order valence-corrected chi connectivity index (χ1v) is 12.9. The van der Waals surface area contributed by atoms with E-state index in [9.17, 15) is 24.3 Å². The lowest BCUT2D eigenvalue weighted by atomic mass is 10.0. The number of benzene rings is 1. The average molecular weight is 545 g/mol. The molecule has 0 fully saturated rings. The number of guanidine groups is 1. The molecule has 0 spiro atoms. The topological polar surface area (TPSA) is 231 Å². The van der Waals surface area contributed by atoms with E-state index >= 15 is 0 Å². The normalized spacial score (nSPS) is 14.2. The fourth-order valence-corrected chi connectivity index (χ4v) is 4.04. The fraction of sp³-hybridized carbons (Fsp3) is 0.500. The highest BCUT2D eigenvalue weighted by atomic mass is 16.4. The molecule has 4 atom stereocenters. The molecule has 0 aliphatic carbocycles. The molecule has 0 radical (unpaired) electrons. The van der Waals surface area contributed by atoms with Crippen LogP contribution in [-0.2, 0) is 25.6 Å². The number of carbonyl (C=O) groups excluding carboxylic acids is 3. The van der Waals surface area contributed by atoms with E-state index in [4.69, 9.17) is 17.2 Å². The quantitative estimate of drug-likeness (QED) is 0.0840. The van der Waals surface area contributed by atoms with Crippen LogP contribution in [-0.4, -0.2) is 70.5 Å². The van der Waals surface area contributed by atoms with Crippen molar-refractivity contribution in [1.82, 2.24) is 20.9 Å². The number of carbonyl (C=O) groups is 4. The van der Waals surface area contributed by atoms with Gasteiger partial charge in [0.2, 0.25) is 17.7 Å². The maximum absolute atomic E-state index is 13.5. The summed E-state index contributed by atoms with van der Waals surface area (Å²) in [7, 11) is 0. The van der Waals surface area contributed by atoms with Crippen molar-refractivity contribution in [3.8, 4) is 0 Å². The number of hydrogen-bond acceptors (Lipinski definition) is 6. The standard InChI is InChI=1S/C26H40N8O5/c1-14(2)11-21(25(38)39)34-23(36)19(9-6-10-30-26(28)29)32-24(37)20(33-22(35)15(3)27)12-16-13-31-18-8-5-4-7-17(16)18/h4-5,7-8,13-15,19-21,31H,6,9-12,27H2,1-3H3,(H,32,37)(H,33,35)(H,34,36)(H,38,39)(H4,28,29,30). The molecular formula is C26H40N8O5. The number of aromatic nitrogens is 1. The van der Waals surface area contributed by atoms with Crippen molar-refractivity contribution in [3.05, 3.63) is 36.0 Å². The molecular weight excluding hydrogens is 504 g/mol. The Labute approximate surface area is 227 Å². The number of nitrogens with two attached hydrogens (primary N) is 3. The summed E-state index contributed by atoms with van der Waals surface area (Å²) in [4.78, 5) is 57.8. The van der Waals surface area contributed by atoms with Gasteiger partial charge >= 0.3 is 5.97 Å². The van der Waals surface area contributed by atoms with Gasteiger partial charge in [0, 0.05) is 30.1 Å². The molecule has 0 saturated heterocycles. The van der Waals surface area contributed by atoms with Gasteiger partial charge in [-0.15, -0.1) is 0 Å². The highest BCUT2D eigenvalue weighted by molar-refractivity contribution is 5.94. The SMILES string of the molecule is CC(C)CC(NC(=O)C(CCCN=C(N)N)NC(=O)C(Cc1c[nH]c2ccccc12)NC(=O)C(C)N)C(=O)O. The van der Waals surface area contributed by atoms with E-state index in [1.165, 1.54) is 6.92 Å². The Morgan fingerprint density at radius 3 is 2.18 bits per heavy atom. The van der Waals surface area contributed by atoms with E-state index in [1.54, 1.807) is 6.20 Å². The number of aliphatic imine (C=N–C) groups is 1. The number of carboxylic acids is 1. The predicted molar refractivity (Wildman–Crippen MR) is 148 cm³/mol. The summed E-state index contributed by atoms with van der Waals surface area (Å²) in [5.74, 6) is -3.09. The third-order valence-electron chi connectivity index (χ3n) is 6.05. The van der Waals surface area contributed by atoms with E-state index in [2.05, 4.69) is 25.9 Å². The Hall–Kier alpha value is -4.13. The second-order valence-corrected chi connectivity index (χ2v) is 9.95. The number of fused-ring (bicyclic) bond motifs is 1. The van der Waals surface area contributed by atoms with Gasteiger partial charge in [-0.1, -0.05) is 32.0 Å². The van der Waals surface area contributed by atoms with E-state index in [0.29, 0.717) is 6.42 Å². The monoisotopic (exact) mass is 544 g/mol. The summed E-state index contributed by atoms with van der Waals surface area (Å²) in [6, 6.07) is 3.37. The molecule has 0 aliphatic heterocycles. The summed E-state index contributed by atoms with van der Waals surface area (Å²) in [6.45, 7) is 5.38. The van der Waals surface area contributed by atoms with Crippen LogP contribution in [0.15, 0.2) is 35.5 Å². The first-order chi connectivity index (χ1) is 18.4. The second-order valence-electron chi connectivity index (χ2n) is 9.95. The molecule has 2 rings (SSSR count). The van der Waals surface area contributed by atoms with Crippen LogP contribution in [0.3, 0.4) is 0 Å². The zero-order valence-corrected chi connectivity index (χ0v) is 22.6. The van der Waals surface area contributed by atoms with Gasteiger partial charge < -0.3 is 43.2 Å². The molecule has 0 saturated carbocycles. The fourth-order valence-electron chi connectivity index (χ4n) is 4.04. The Morgan fingerprint density at radius 1 is 0.949 bits per heavy atom. The number of aliphatic carboxylic acids is 1. The van der Waals surface area contributed by atoms with Gasteiger partial charge in [0.25, 0.3) is 0 Å². The summed E-state index contributed by atoms with van der Waals surface area (Å²) in [5.41, 5.74) is 18.1. The van der Waals surface area contributed by atoms with E-state index in [1.807, 2.05) is 38.1 Å². The molecule has 3 amide bonds. The number of nitrogens with zero attached hydrogens (tertiary/aromatic N) is 1. The van der Waals surface area contributed by atoms with E-state index < -0.39 is 47.9 Å². The lowest BCUT2D eigenvalue weighted by Crippen LogP contribution is -2.57. The number of nitrogens with one attached hydrogen (secondary N) is 4. The summed E-state index contributed by atoms with van der Waals surface area (Å²) in [6.07, 6.45) is 2.55. The van der Waals surface area contributed by atoms with Crippen LogP contribution in [0.25, 0.3) is 10.9 Å². The number of aromatic amines is 1. The van der Waals surface area contributed by atoms with E-state index in [-0.39, 0.29) is 37.7 Å². The minimum Gasteiger partial charge on any atom is -0.480 e. The predicted octanol–water partition coefficient (Wildman–Crippen LogP) is -0.304. The van der Waals surface area contributed by atoms with Crippen molar-refractivity contribution in [3.63, 3.8) is 0 Å². The zero-order valence-electron chi connectivity index (χ0n) is 22.6. The van der Waals surface area contributed by atoms with Gasteiger partial charge in [-0.3, -0.25) is 19.4 Å². The summed E-state index contributed by atoms with van der Waals surface area (Å²) in [5, 5.41) is 18.3. The summed E-state index contributed by atoms with van der Waals surface area (Å²) >= 11 is 0.